The Hall–Kier alpha value is -1.01. The van der Waals surface area contributed by atoms with E-state index in [2.05, 4.69) is 75.9 Å². The molecule has 252 valence electrons. The summed E-state index contributed by atoms with van der Waals surface area (Å²) in [7, 11) is 0. The van der Waals surface area contributed by atoms with E-state index in [0.29, 0.717) is 0 Å². The van der Waals surface area contributed by atoms with Crippen molar-refractivity contribution in [3.05, 3.63) is 121 Å². The molecule has 0 bridgehead atoms. The third-order valence-electron chi connectivity index (χ3n) is 8.48. The average molecular weight is 753 g/mol. The first-order chi connectivity index (χ1) is 23.2. The maximum atomic E-state index is 11.6. The van der Waals surface area contributed by atoms with Gasteiger partial charge in [-0.3, -0.25) is 4.79 Å². The molecular formula is C42H48FeOS4+2. The number of rotatable bonds is 18. The van der Waals surface area contributed by atoms with Crippen molar-refractivity contribution in [1.82, 2.24) is 0 Å². The minimum atomic E-state index is 0. The van der Waals surface area contributed by atoms with E-state index in [9.17, 15) is 4.79 Å². The molecule has 0 atom stereocenters. The monoisotopic (exact) mass is 752 g/mol. The zero-order valence-electron chi connectivity index (χ0n) is 28.3. The number of aryl methyl sites for hydroxylation is 3. The molecule has 0 N–H and O–H groups in total. The van der Waals surface area contributed by atoms with E-state index in [1.807, 2.05) is 66.1 Å². The summed E-state index contributed by atoms with van der Waals surface area (Å²) in [5, 5.41) is 0. The van der Waals surface area contributed by atoms with E-state index < -0.39 is 0 Å². The van der Waals surface area contributed by atoms with Crippen molar-refractivity contribution in [2.75, 3.05) is 0 Å². The standard InChI is InChI=1S/C37H43OS4.C5H5.Fe/c1-3-5-7-9-17-28-24-30(19-13-16-27-14-11-12-15-27)39-36(28)34-22-20-32(41-34)33-21-23-35(42-33)37-29(18-10-8-6-4-2)25-31(26-38)40-37;1-2-4-5-3-1;/h11-12,14-15,20-26H,3-10,13,16-19H2,1-2H3;1-5H;/q;;+2. The van der Waals surface area contributed by atoms with Crippen LogP contribution in [0.1, 0.15) is 104 Å². The van der Waals surface area contributed by atoms with Gasteiger partial charge >= 0.3 is 17.1 Å². The minimum absolute atomic E-state index is 0. The number of unbranched alkanes of at least 4 members (excludes halogenated alkanes) is 6. The van der Waals surface area contributed by atoms with Gasteiger partial charge in [-0.25, -0.2) is 0 Å². The predicted molar refractivity (Wildman–Crippen MR) is 210 cm³/mol. The summed E-state index contributed by atoms with van der Waals surface area (Å²) in [6, 6.07) is 13.9. The Morgan fingerprint density at radius 3 is 1.58 bits per heavy atom. The normalized spacial score (nSPS) is 14.6. The van der Waals surface area contributed by atoms with Crippen LogP contribution in [0.25, 0.3) is 29.3 Å². The SMILES string of the molecule is CCCCCCc1cc(C=O)sc1-c1ccc(-c2ccc(-c3sc(CCC[C]4[CH][CH][CH][CH]4)cc3CCCCCC)s2)s1.[CH]1[CH][CH][CH][CH]1.[Fe+2]. The van der Waals surface area contributed by atoms with Gasteiger partial charge in [0.2, 0.25) is 0 Å². The van der Waals surface area contributed by atoms with Crippen LogP contribution in [-0.2, 0) is 36.3 Å². The van der Waals surface area contributed by atoms with Gasteiger partial charge in [-0.2, -0.15) is 0 Å². The Bertz CT molecular complexity index is 1450. The van der Waals surface area contributed by atoms with Crippen molar-refractivity contribution >= 4 is 51.6 Å². The molecule has 0 aromatic carbocycles. The van der Waals surface area contributed by atoms with Crippen molar-refractivity contribution in [2.24, 2.45) is 0 Å². The number of aldehydes is 1. The topological polar surface area (TPSA) is 17.1 Å². The Morgan fingerprint density at radius 2 is 1.04 bits per heavy atom. The molecule has 0 unspecified atom stereocenters. The molecule has 4 heterocycles. The fourth-order valence-corrected chi connectivity index (χ4v) is 10.6. The van der Waals surface area contributed by atoms with Crippen molar-refractivity contribution in [2.45, 2.75) is 97.3 Å². The molecule has 6 heteroatoms. The molecule has 48 heavy (non-hydrogen) atoms. The van der Waals surface area contributed by atoms with Gasteiger partial charge in [0.25, 0.3) is 0 Å². The molecule has 4 aromatic heterocycles. The van der Waals surface area contributed by atoms with Crippen LogP contribution in [0, 0.1) is 63.7 Å². The summed E-state index contributed by atoms with van der Waals surface area (Å²) < 4.78 is 0. The van der Waals surface area contributed by atoms with Crippen LogP contribution in [0.5, 0.6) is 0 Å². The second-order valence-electron chi connectivity index (χ2n) is 12.2. The van der Waals surface area contributed by atoms with Gasteiger partial charge in [0, 0.05) is 34.1 Å². The van der Waals surface area contributed by atoms with Gasteiger partial charge in [-0.05, 0) is 156 Å². The Labute approximate surface area is 318 Å². The van der Waals surface area contributed by atoms with E-state index >= 15 is 0 Å². The van der Waals surface area contributed by atoms with E-state index in [0.717, 1.165) is 30.4 Å². The smallest absolute Gasteiger partial charge is 0.297 e. The fourth-order valence-electron chi connectivity index (χ4n) is 5.94. The molecule has 0 amide bonds. The third kappa shape index (κ3) is 12.1. The summed E-state index contributed by atoms with van der Waals surface area (Å²) in [5.74, 6) is 1.46. The molecule has 6 rings (SSSR count). The van der Waals surface area contributed by atoms with Gasteiger partial charge in [0.15, 0.2) is 6.29 Å². The van der Waals surface area contributed by atoms with Crippen LogP contribution in [-0.4, -0.2) is 6.29 Å². The molecule has 2 aliphatic rings. The van der Waals surface area contributed by atoms with Crippen LogP contribution in [0.3, 0.4) is 0 Å². The van der Waals surface area contributed by atoms with E-state index in [4.69, 9.17) is 0 Å². The quantitative estimate of drug-likeness (QED) is 0.0562. The maximum absolute atomic E-state index is 11.6. The van der Waals surface area contributed by atoms with E-state index in [1.165, 1.54) is 110 Å². The maximum Gasteiger partial charge on any atom is 2.00 e. The molecule has 0 spiro atoms. The Balaban J connectivity index is 0.000000794. The Morgan fingerprint density at radius 1 is 0.521 bits per heavy atom. The Kier molecular flexibility index (Phi) is 18.3. The zero-order chi connectivity index (χ0) is 32.7. The summed E-state index contributed by atoms with van der Waals surface area (Å²) in [6.07, 6.45) is 35.8. The van der Waals surface area contributed by atoms with E-state index in [1.54, 1.807) is 16.9 Å². The largest absolute Gasteiger partial charge is 2.00 e. The first-order valence-corrected chi connectivity index (χ1v) is 20.7. The molecule has 2 aliphatic carbocycles. The van der Waals surface area contributed by atoms with Crippen molar-refractivity contribution in [3.8, 4) is 29.3 Å². The summed E-state index contributed by atoms with van der Waals surface area (Å²) >= 11 is 7.50. The number of hydrogen-bond acceptors (Lipinski definition) is 5. The number of carbonyl (C=O) groups is 1. The van der Waals surface area contributed by atoms with Crippen molar-refractivity contribution < 1.29 is 21.9 Å². The van der Waals surface area contributed by atoms with Crippen LogP contribution < -0.4 is 0 Å². The van der Waals surface area contributed by atoms with Crippen LogP contribution >= 0.6 is 45.3 Å². The first-order valence-electron chi connectivity index (χ1n) is 17.5. The zero-order valence-corrected chi connectivity index (χ0v) is 32.7. The molecule has 2 saturated carbocycles. The molecule has 2 fully saturated rings. The summed E-state index contributed by atoms with van der Waals surface area (Å²) in [4.78, 5) is 22.1. The fraction of sp³-hybridized carbons (Fsp3) is 0.357. The molecular weight excluding hydrogens is 705 g/mol. The number of hydrogen-bond donors (Lipinski definition) is 0. The third-order valence-corrected chi connectivity index (χ3v) is 13.5. The van der Waals surface area contributed by atoms with Gasteiger partial charge in [-0.15, -0.1) is 45.3 Å². The second kappa shape index (κ2) is 22.0. The molecule has 0 aliphatic heterocycles. The molecule has 1 nitrogen and oxygen atoms in total. The molecule has 10 radical (unpaired) electrons. The average Bonchev–Trinajstić information content (AvgIpc) is 3.94. The predicted octanol–water partition coefficient (Wildman–Crippen LogP) is 13.7. The van der Waals surface area contributed by atoms with Gasteiger partial charge in [0.1, 0.15) is 0 Å². The minimum Gasteiger partial charge on any atom is -0.297 e. The summed E-state index contributed by atoms with van der Waals surface area (Å²) in [6.45, 7) is 4.54. The molecule has 0 saturated heterocycles. The molecule has 4 aromatic rings. The second-order valence-corrected chi connectivity index (χ2v) is 16.6. The summed E-state index contributed by atoms with van der Waals surface area (Å²) in [5.41, 5.74) is 2.89. The van der Waals surface area contributed by atoms with Crippen LogP contribution in [0.4, 0.5) is 0 Å². The van der Waals surface area contributed by atoms with E-state index in [-0.39, 0.29) is 17.1 Å². The number of thiophene rings is 4. The van der Waals surface area contributed by atoms with Gasteiger partial charge < -0.3 is 0 Å². The number of carbonyl (C=O) groups excluding carboxylic acids is 1. The van der Waals surface area contributed by atoms with Crippen molar-refractivity contribution in [1.29, 1.82) is 0 Å². The van der Waals surface area contributed by atoms with Crippen LogP contribution in [0.15, 0.2) is 36.4 Å². The van der Waals surface area contributed by atoms with Gasteiger partial charge in [0.05, 0.1) is 4.88 Å². The van der Waals surface area contributed by atoms with Crippen molar-refractivity contribution in [3.63, 3.8) is 0 Å². The van der Waals surface area contributed by atoms with Gasteiger partial charge in [-0.1, -0.05) is 52.4 Å². The first kappa shape index (κ1) is 39.8. The van der Waals surface area contributed by atoms with Crippen LogP contribution in [0.2, 0.25) is 0 Å².